The van der Waals surface area contributed by atoms with E-state index in [0.717, 1.165) is 10.2 Å². The Morgan fingerprint density at radius 2 is 2.04 bits per heavy atom. The second-order valence-corrected chi connectivity index (χ2v) is 6.22. The predicted octanol–water partition coefficient (Wildman–Crippen LogP) is 1.53. The number of carboxylic acid groups (broad SMARTS) is 1. The number of nitrogens with zero attached hydrogens (tertiary/aromatic N) is 2. The molecule has 0 unspecified atom stereocenters. The third kappa shape index (κ3) is 5.16. The Labute approximate surface area is 156 Å². The van der Waals surface area contributed by atoms with Gasteiger partial charge in [-0.2, -0.15) is 5.10 Å². The van der Waals surface area contributed by atoms with E-state index in [1.165, 1.54) is 6.07 Å². The molecule has 8 heteroatoms. The molecule has 1 aromatic carbocycles. The van der Waals surface area contributed by atoms with Gasteiger partial charge in [0.05, 0.1) is 12.8 Å². The van der Waals surface area contributed by atoms with Gasteiger partial charge in [0.15, 0.2) is 0 Å². The van der Waals surface area contributed by atoms with E-state index in [9.17, 15) is 19.5 Å². The Bertz CT molecular complexity index is 878. The number of hydrogen-bond acceptors (Lipinski definition) is 5. The standard InChI is InChI=1S/C19H23N3O5/c1-4-12(2)18(19(25)26)20-16(23)11-22-17(24)9-8-15(21-22)13-6-5-7-14(10-13)27-3/h5-10,12,18H,4,11H2,1-3H3,(H,20,23)(H,25,26)/t12-,18+/m1/s1. The number of benzene rings is 1. The van der Waals surface area contributed by atoms with Gasteiger partial charge in [-0.3, -0.25) is 9.59 Å². The van der Waals surface area contributed by atoms with E-state index >= 15 is 0 Å². The van der Waals surface area contributed by atoms with Gasteiger partial charge in [-0.25, -0.2) is 9.48 Å². The Kier molecular flexibility index (Phi) is 6.70. The molecule has 0 radical (unpaired) electrons. The first kappa shape index (κ1) is 20.2. The van der Waals surface area contributed by atoms with E-state index in [4.69, 9.17) is 4.74 Å². The largest absolute Gasteiger partial charge is 0.497 e. The molecule has 0 aliphatic heterocycles. The summed E-state index contributed by atoms with van der Waals surface area (Å²) in [5.74, 6) is -1.29. The van der Waals surface area contributed by atoms with Crippen molar-refractivity contribution in [3.8, 4) is 17.0 Å². The Morgan fingerprint density at radius 1 is 1.30 bits per heavy atom. The number of aromatic nitrogens is 2. The predicted molar refractivity (Wildman–Crippen MR) is 99.5 cm³/mol. The van der Waals surface area contributed by atoms with Gasteiger partial charge in [0.1, 0.15) is 18.3 Å². The van der Waals surface area contributed by atoms with Crippen molar-refractivity contribution in [3.05, 3.63) is 46.8 Å². The second kappa shape index (κ2) is 8.98. The summed E-state index contributed by atoms with van der Waals surface area (Å²) in [5, 5.41) is 16.0. The molecule has 0 spiro atoms. The summed E-state index contributed by atoms with van der Waals surface area (Å²) in [6.45, 7) is 3.22. The summed E-state index contributed by atoms with van der Waals surface area (Å²) >= 11 is 0. The minimum Gasteiger partial charge on any atom is -0.497 e. The molecule has 1 heterocycles. The van der Waals surface area contributed by atoms with Crippen LogP contribution in [0.25, 0.3) is 11.3 Å². The summed E-state index contributed by atoms with van der Waals surface area (Å²) in [7, 11) is 1.55. The van der Waals surface area contributed by atoms with Crippen molar-refractivity contribution in [3.63, 3.8) is 0 Å². The third-order valence-electron chi connectivity index (χ3n) is 4.32. The lowest BCUT2D eigenvalue weighted by Gasteiger charge is -2.20. The highest BCUT2D eigenvalue weighted by molar-refractivity contribution is 5.83. The van der Waals surface area contributed by atoms with Crippen LogP contribution < -0.4 is 15.6 Å². The number of aliphatic carboxylic acids is 1. The molecule has 0 saturated heterocycles. The van der Waals surface area contributed by atoms with Crippen LogP contribution >= 0.6 is 0 Å². The number of ether oxygens (including phenoxy) is 1. The van der Waals surface area contributed by atoms with Crippen LogP contribution in [-0.2, 0) is 16.1 Å². The molecule has 0 fully saturated rings. The zero-order chi connectivity index (χ0) is 20.0. The lowest BCUT2D eigenvalue weighted by molar-refractivity contribution is -0.143. The van der Waals surface area contributed by atoms with E-state index in [2.05, 4.69) is 10.4 Å². The van der Waals surface area contributed by atoms with Gasteiger partial charge in [0.2, 0.25) is 5.91 Å². The quantitative estimate of drug-likeness (QED) is 0.726. The molecule has 144 valence electrons. The highest BCUT2D eigenvalue weighted by Crippen LogP contribution is 2.21. The van der Waals surface area contributed by atoms with E-state index < -0.39 is 23.5 Å². The van der Waals surface area contributed by atoms with E-state index in [-0.39, 0.29) is 12.5 Å². The van der Waals surface area contributed by atoms with Crippen molar-refractivity contribution < 1.29 is 19.4 Å². The molecule has 27 heavy (non-hydrogen) atoms. The fourth-order valence-corrected chi connectivity index (χ4v) is 2.54. The van der Waals surface area contributed by atoms with Crippen LogP contribution in [0.1, 0.15) is 20.3 Å². The van der Waals surface area contributed by atoms with Gasteiger partial charge < -0.3 is 15.2 Å². The van der Waals surface area contributed by atoms with Gasteiger partial charge in [-0.15, -0.1) is 0 Å². The first-order valence-corrected chi connectivity index (χ1v) is 8.60. The molecule has 1 aromatic heterocycles. The summed E-state index contributed by atoms with van der Waals surface area (Å²) in [6, 6.07) is 9.02. The average molecular weight is 373 g/mol. The normalized spacial score (nSPS) is 12.9. The summed E-state index contributed by atoms with van der Waals surface area (Å²) in [6.07, 6.45) is 0.598. The van der Waals surface area contributed by atoms with Crippen LogP contribution in [-0.4, -0.2) is 39.9 Å². The monoisotopic (exact) mass is 373 g/mol. The maximum atomic E-state index is 12.3. The van der Waals surface area contributed by atoms with Crippen LogP contribution in [0, 0.1) is 5.92 Å². The molecule has 2 N–H and O–H groups in total. The minimum absolute atomic E-state index is 0.237. The topological polar surface area (TPSA) is 111 Å². The van der Waals surface area contributed by atoms with Crippen LogP contribution in [0.4, 0.5) is 0 Å². The zero-order valence-electron chi connectivity index (χ0n) is 15.5. The highest BCUT2D eigenvalue weighted by atomic mass is 16.5. The molecule has 8 nitrogen and oxygen atoms in total. The number of carboxylic acids is 1. The van der Waals surface area contributed by atoms with Crippen molar-refractivity contribution in [2.45, 2.75) is 32.9 Å². The van der Waals surface area contributed by atoms with Crippen LogP contribution in [0.3, 0.4) is 0 Å². The lowest BCUT2D eigenvalue weighted by Crippen LogP contribution is -2.47. The van der Waals surface area contributed by atoms with Gasteiger partial charge in [0, 0.05) is 11.6 Å². The number of hydrogen-bond donors (Lipinski definition) is 2. The van der Waals surface area contributed by atoms with Crippen LogP contribution in [0.5, 0.6) is 5.75 Å². The van der Waals surface area contributed by atoms with Crippen molar-refractivity contribution >= 4 is 11.9 Å². The molecule has 0 saturated carbocycles. The fourth-order valence-electron chi connectivity index (χ4n) is 2.54. The van der Waals surface area contributed by atoms with E-state index in [1.54, 1.807) is 38.3 Å². The first-order valence-electron chi connectivity index (χ1n) is 8.60. The first-order chi connectivity index (χ1) is 12.8. The van der Waals surface area contributed by atoms with Crippen LogP contribution in [0.2, 0.25) is 0 Å². The Morgan fingerprint density at radius 3 is 2.67 bits per heavy atom. The average Bonchev–Trinajstić information content (AvgIpc) is 2.67. The molecule has 2 aromatic rings. The lowest BCUT2D eigenvalue weighted by atomic mass is 9.99. The number of carbonyl (C=O) groups is 2. The highest BCUT2D eigenvalue weighted by Gasteiger charge is 2.25. The number of methoxy groups -OCH3 is 1. The minimum atomic E-state index is -1.11. The molecular weight excluding hydrogens is 350 g/mol. The smallest absolute Gasteiger partial charge is 0.326 e. The maximum Gasteiger partial charge on any atom is 0.326 e. The molecule has 0 bridgehead atoms. The van der Waals surface area contributed by atoms with Gasteiger partial charge in [-0.05, 0) is 24.1 Å². The molecule has 0 aliphatic rings. The summed E-state index contributed by atoms with van der Waals surface area (Å²) in [5.41, 5.74) is 0.775. The number of nitrogens with one attached hydrogen (secondary N) is 1. The molecule has 2 atom stereocenters. The van der Waals surface area contributed by atoms with Crippen molar-refractivity contribution in [2.75, 3.05) is 7.11 Å². The molecule has 1 amide bonds. The van der Waals surface area contributed by atoms with E-state index in [1.807, 2.05) is 13.0 Å². The van der Waals surface area contributed by atoms with Crippen molar-refractivity contribution in [1.82, 2.24) is 15.1 Å². The SMILES string of the molecule is CC[C@@H](C)[C@H](NC(=O)Cn1nc(-c2cccc(OC)c2)ccc1=O)C(=O)O. The molecule has 0 aliphatic carbocycles. The van der Waals surface area contributed by atoms with Crippen LogP contribution in [0.15, 0.2) is 41.2 Å². The van der Waals surface area contributed by atoms with Gasteiger partial charge in [0.25, 0.3) is 5.56 Å². The van der Waals surface area contributed by atoms with E-state index in [0.29, 0.717) is 17.9 Å². The number of carbonyl (C=O) groups excluding carboxylic acids is 1. The third-order valence-corrected chi connectivity index (χ3v) is 4.32. The molecular formula is C19H23N3O5. The maximum absolute atomic E-state index is 12.3. The number of rotatable bonds is 8. The Hall–Kier alpha value is -3.16. The fraction of sp³-hybridized carbons (Fsp3) is 0.368. The van der Waals surface area contributed by atoms with Crippen molar-refractivity contribution in [1.29, 1.82) is 0 Å². The second-order valence-electron chi connectivity index (χ2n) is 6.22. The zero-order valence-corrected chi connectivity index (χ0v) is 15.5. The van der Waals surface area contributed by atoms with Gasteiger partial charge in [-0.1, -0.05) is 32.4 Å². The molecule has 2 rings (SSSR count). The Balaban J connectivity index is 2.22. The van der Waals surface area contributed by atoms with Crippen molar-refractivity contribution in [2.24, 2.45) is 5.92 Å². The van der Waals surface area contributed by atoms with Gasteiger partial charge >= 0.3 is 5.97 Å². The summed E-state index contributed by atoms with van der Waals surface area (Å²) in [4.78, 5) is 35.6. The summed E-state index contributed by atoms with van der Waals surface area (Å²) < 4.78 is 6.19. The number of amides is 1.